The summed E-state index contributed by atoms with van der Waals surface area (Å²) >= 11 is 0. The van der Waals surface area contributed by atoms with Gasteiger partial charge in [0.1, 0.15) is 6.04 Å². The summed E-state index contributed by atoms with van der Waals surface area (Å²) < 4.78 is 0. The Bertz CT molecular complexity index is 553. The summed E-state index contributed by atoms with van der Waals surface area (Å²) in [5.74, 6) is 0.0432. The Morgan fingerprint density at radius 2 is 2.10 bits per heavy atom. The first-order valence-electron chi connectivity index (χ1n) is 7.87. The molecule has 1 unspecified atom stereocenters. The molecule has 0 aliphatic carbocycles. The number of anilines is 2. The Hall–Kier alpha value is -1.55. The largest absolute Gasteiger partial charge is 0.371 e. The van der Waals surface area contributed by atoms with E-state index in [1.807, 2.05) is 7.05 Å². The summed E-state index contributed by atoms with van der Waals surface area (Å²) in [4.78, 5) is 14.4. The fourth-order valence-electron chi connectivity index (χ4n) is 3.41. The first-order valence-corrected chi connectivity index (χ1v) is 7.87. The molecule has 2 aliphatic heterocycles. The first-order chi connectivity index (χ1) is 10.00. The zero-order valence-corrected chi connectivity index (χ0v) is 13.2. The number of rotatable bonds is 2. The van der Waals surface area contributed by atoms with E-state index in [0.717, 1.165) is 24.3 Å². The lowest BCUT2D eigenvalue weighted by molar-refractivity contribution is -0.117. The molecular weight excluding hydrogens is 262 g/mol. The molecule has 2 N–H and O–H groups in total. The minimum atomic E-state index is -0.211. The van der Waals surface area contributed by atoms with Crippen LogP contribution in [0, 0.1) is 5.41 Å². The first kappa shape index (κ1) is 14.4. The molecule has 1 aromatic carbocycles. The molecule has 2 aliphatic rings. The third-order valence-corrected chi connectivity index (χ3v) is 4.86. The van der Waals surface area contributed by atoms with Crippen molar-refractivity contribution in [3.63, 3.8) is 0 Å². The smallest absolute Gasteiger partial charge is 0.246 e. The molecule has 4 heteroatoms. The maximum Gasteiger partial charge on any atom is 0.246 e. The van der Waals surface area contributed by atoms with Gasteiger partial charge in [-0.1, -0.05) is 19.9 Å². The lowest BCUT2D eigenvalue weighted by atomic mass is 9.85. The molecular formula is C17H25N3O. The molecule has 0 radical (unpaired) electrons. The van der Waals surface area contributed by atoms with E-state index in [9.17, 15) is 4.79 Å². The number of likely N-dealkylation sites (N-methyl/N-ethyl adjacent to an activating group) is 1. The SMILES string of the molecule is CNC1C(=O)Nc2cc(N3CCCC(C)(C)CC3)ccc21. The highest BCUT2D eigenvalue weighted by atomic mass is 16.2. The normalized spacial score (nSPS) is 24.4. The van der Waals surface area contributed by atoms with Gasteiger partial charge in [0.15, 0.2) is 0 Å². The van der Waals surface area contributed by atoms with Crippen LogP contribution in [0.25, 0.3) is 0 Å². The molecule has 114 valence electrons. The van der Waals surface area contributed by atoms with E-state index in [0.29, 0.717) is 5.41 Å². The van der Waals surface area contributed by atoms with Crippen LogP contribution in [0.3, 0.4) is 0 Å². The Morgan fingerprint density at radius 1 is 1.29 bits per heavy atom. The van der Waals surface area contributed by atoms with Crippen LogP contribution >= 0.6 is 0 Å². The molecule has 4 nitrogen and oxygen atoms in total. The highest BCUT2D eigenvalue weighted by molar-refractivity contribution is 6.03. The van der Waals surface area contributed by atoms with Gasteiger partial charge in [0.05, 0.1) is 0 Å². The molecule has 3 rings (SSSR count). The molecule has 1 amide bonds. The molecule has 1 aromatic rings. The van der Waals surface area contributed by atoms with Gasteiger partial charge >= 0.3 is 0 Å². The third-order valence-electron chi connectivity index (χ3n) is 4.86. The molecule has 0 aromatic heterocycles. The van der Waals surface area contributed by atoms with Crippen molar-refractivity contribution in [2.24, 2.45) is 5.41 Å². The van der Waals surface area contributed by atoms with Gasteiger partial charge in [-0.25, -0.2) is 0 Å². The maximum atomic E-state index is 11.9. The summed E-state index contributed by atoms with van der Waals surface area (Å²) in [5, 5.41) is 6.05. The second kappa shape index (κ2) is 5.34. The monoisotopic (exact) mass is 287 g/mol. The Labute approximate surface area is 126 Å². The Kier molecular flexibility index (Phi) is 3.66. The van der Waals surface area contributed by atoms with Crippen LogP contribution in [0.5, 0.6) is 0 Å². The molecule has 21 heavy (non-hydrogen) atoms. The fourth-order valence-corrected chi connectivity index (χ4v) is 3.41. The van der Waals surface area contributed by atoms with Gasteiger partial charge in [0.2, 0.25) is 5.91 Å². The number of hydrogen-bond acceptors (Lipinski definition) is 3. The summed E-state index contributed by atoms with van der Waals surface area (Å²) in [6.45, 7) is 6.91. The number of amides is 1. The second-order valence-corrected chi connectivity index (χ2v) is 6.99. The third kappa shape index (κ3) is 2.77. The average Bonchev–Trinajstić information content (AvgIpc) is 2.64. The molecule has 0 spiro atoms. The Morgan fingerprint density at radius 3 is 2.86 bits per heavy atom. The van der Waals surface area contributed by atoms with Crippen molar-refractivity contribution < 1.29 is 4.79 Å². The zero-order chi connectivity index (χ0) is 15.0. The standard InChI is InChI=1S/C17H25N3O/c1-17(2)7-4-9-20(10-8-17)12-5-6-13-14(11-12)19-16(21)15(13)18-3/h5-6,11,15,18H,4,7-10H2,1-3H3,(H,19,21). The van der Waals surface area contributed by atoms with Gasteiger partial charge in [-0.3, -0.25) is 4.79 Å². The molecule has 1 saturated heterocycles. The van der Waals surface area contributed by atoms with E-state index >= 15 is 0 Å². The number of benzene rings is 1. The number of carbonyl (C=O) groups is 1. The van der Waals surface area contributed by atoms with Crippen LogP contribution in [-0.2, 0) is 4.79 Å². The minimum absolute atomic E-state index is 0.0432. The van der Waals surface area contributed by atoms with Crippen LogP contribution in [0.1, 0.15) is 44.7 Å². The van der Waals surface area contributed by atoms with Gasteiger partial charge in [-0.15, -0.1) is 0 Å². The van der Waals surface area contributed by atoms with Gasteiger partial charge < -0.3 is 15.5 Å². The number of nitrogens with zero attached hydrogens (tertiary/aromatic N) is 1. The van der Waals surface area contributed by atoms with Crippen LogP contribution in [-0.4, -0.2) is 26.0 Å². The highest BCUT2D eigenvalue weighted by Crippen LogP contribution is 2.36. The summed E-state index contributed by atoms with van der Waals surface area (Å²) in [6.07, 6.45) is 3.73. The lowest BCUT2D eigenvalue weighted by Crippen LogP contribution is -2.25. The van der Waals surface area contributed by atoms with Gasteiger partial charge in [-0.2, -0.15) is 0 Å². The molecule has 1 atom stereocenters. The van der Waals surface area contributed by atoms with Crippen molar-refractivity contribution in [1.82, 2.24) is 5.32 Å². The van der Waals surface area contributed by atoms with Gasteiger partial charge in [0, 0.05) is 30.0 Å². The van der Waals surface area contributed by atoms with Crippen LogP contribution in [0.15, 0.2) is 18.2 Å². The summed E-state index contributed by atoms with van der Waals surface area (Å²) in [6, 6.07) is 6.15. The number of nitrogens with one attached hydrogen (secondary N) is 2. The van der Waals surface area contributed by atoms with E-state index in [1.54, 1.807) is 0 Å². The van der Waals surface area contributed by atoms with Crippen molar-refractivity contribution in [2.75, 3.05) is 30.4 Å². The lowest BCUT2D eigenvalue weighted by Gasteiger charge is -2.25. The number of fused-ring (bicyclic) bond motifs is 1. The molecule has 0 bridgehead atoms. The maximum absolute atomic E-state index is 11.9. The number of hydrogen-bond donors (Lipinski definition) is 2. The second-order valence-electron chi connectivity index (χ2n) is 6.99. The average molecular weight is 287 g/mol. The quantitative estimate of drug-likeness (QED) is 0.879. The topological polar surface area (TPSA) is 44.4 Å². The van der Waals surface area contributed by atoms with Gasteiger partial charge in [0.25, 0.3) is 0 Å². The van der Waals surface area contributed by atoms with Gasteiger partial charge in [-0.05, 0) is 43.9 Å². The summed E-state index contributed by atoms with van der Waals surface area (Å²) in [5.41, 5.74) is 3.68. The molecule has 2 heterocycles. The van der Waals surface area contributed by atoms with Crippen LogP contribution in [0.2, 0.25) is 0 Å². The van der Waals surface area contributed by atoms with Crippen molar-refractivity contribution in [1.29, 1.82) is 0 Å². The van der Waals surface area contributed by atoms with Crippen molar-refractivity contribution in [3.05, 3.63) is 23.8 Å². The van der Waals surface area contributed by atoms with Crippen molar-refractivity contribution in [3.8, 4) is 0 Å². The fraction of sp³-hybridized carbons (Fsp3) is 0.588. The highest BCUT2D eigenvalue weighted by Gasteiger charge is 2.30. The van der Waals surface area contributed by atoms with E-state index in [2.05, 4.69) is 47.6 Å². The zero-order valence-electron chi connectivity index (χ0n) is 13.2. The predicted molar refractivity (Wildman–Crippen MR) is 86.7 cm³/mol. The van der Waals surface area contributed by atoms with E-state index in [1.165, 1.54) is 24.9 Å². The summed E-state index contributed by atoms with van der Waals surface area (Å²) in [7, 11) is 1.82. The van der Waals surface area contributed by atoms with Crippen molar-refractivity contribution in [2.45, 2.75) is 39.2 Å². The van der Waals surface area contributed by atoms with E-state index in [-0.39, 0.29) is 11.9 Å². The minimum Gasteiger partial charge on any atom is -0.371 e. The van der Waals surface area contributed by atoms with E-state index < -0.39 is 0 Å². The molecule has 1 fully saturated rings. The van der Waals surface area contributed by atoms with Crippen molar-refractivity contribution >= 4 is 17.3 Å². The number of carbonyl (C=O) groups excluding carboxylic acids is 1. The van der Waals surface area contributed by atoms with Crippen LogP contribution in [0.4, 0.5) is 11.4 Å². The Balaban J connectivity index is 1.82. The van der Waals surface area contributed by atoms with E-state index in [4.69, 9.17) is 0 Å². The predicted octanol–water partition coefficient (Wildman–Crippen LogP) is 2.92. The van der Waals surface area contributed by atoms with Crippen LogP contribution < -0.4 is 15.5 Å². The molecule has 0 saturated carbocycles.